The lowest BCUT2D eigenvalue weighted by atomic mass is 10.1. The van der Waals surface area contributed by atoms with Gasteiger partial charge < -0.3 is 0 Å². The molecule has 0 nitrogen and oxygen atoms in total. The molecule has 0 aliphatic heterocycles. The van der Waals surface area contributed by atoms with E-state index in [9.17, 15) is 0 Å². The third-order valence-corrected chi connectivity index (χ3v) is 1.85. The largest absolute Gasteiger partial charge is 0.114 e. The van der Waals surface area contributed by atoms with Crippen molar-refractivity contribution in [3.8, 4) is 0 Å². The average molecular weight is 144 g/mol. The van der Waals surface area contributed by atoms with Crippen LogP contribution >= 0.6 is 9.24 Å². The zero-order chi connectivity index (χ0) is 7.11. The molecule has 0 saturated carbocycles. The molecule has 0 bridgehead atoms. The third kappa shape index (κ3) is 4.66. The molecule has 0 amide bonds. The summed E-state index contributed by atoms with van der Waals surface area (Å²) in [5.41, 5.74) is 1.59. The van der Waals surface area contributed by atoms with Crippen LogP contribution in [0.25, 0.3) is 0 Å². The summed E-state index contributed by atoms with van der Waals surface area (Å²) in [5.74, 6) is 2.17. The van der Waals surface area contributed by atoms with Crippen LogP contribution in [0.2, 0.25) is 0 Å². The minimum absolute atomic E-state index is 1.28. The van der Waals surface area contributed by atoms with Crippen LogP contribution in [0.15, 0.2) is 11.4 Å². The van der Waals surface area contributed by atoms with E-state index in [2.05, 4.69) is 28.9 Å². The summed E-state index contributed by atoms with van der Waals surface area (Å²) < 4.78 is 0. The molecule has 0 radical (unpaired) electrons. The van der Waals surface area contributed by atoms with Crippen molar-refractivity contribution in [1.82, 2.24) is 0 Å². The van der Waals surface area contributed by atoms with E-state index in [1.54, 1.807) is 5.57 Å². The Labute approximate surface area is 60.9 Å². The molecular weight excluding hydrogens is 127 g/mol. The molecule has 1 unspecified atom stereocenters. The highest BCUT2D eigenvalue weighted by atomic mass is 31.0. The predicted octanol–water partition coefficient (Wildman–Crippen LogP) is 3.35. The van der Waals surface area contributed by atoms with E-state index in [-0.39, 0.29) is 0 Å². The Kier molecular flexibility index (Phi) is 6.41. The Hall–Kier alpha value is 0.170. The fourth-order valence-electron chi connectivity index (χ4n) is 0.934. The number of hydrogen-bond donors (Lipinski definition) is 0. The van der Waals surface area contributed by atoms with Crippen LogP contribution in [0.4, 0.5) is 0 Å². The molecule has 0 fully saturated rings. The Morgan fingerprint density at radius 2 is 1.67 bits per heavy atom. The Morgan fingerprint density at radius 1 is 1.22 bits per heavy atom. The van der Waals surface area contributed by atoms with E-state index in [1.165, 1.54) is 25.7 Å². The molecule has 0 heterocycles. The first-order valence-electron chi connectivity index (χ1n) is 3.74. The highest BCUT2D eigenvalue weighted by molar-refractivity contribution is 7.20. The van der Waals surface area contributed by atoms with E-state index in [1.807, 2.05) is 0 Å². The lowest BCUT2D eigenvalue weighted by Crippen LogP contribution is -1.79. The Balaban J connectivity index is 3.43. The van der Waals surface area contributed by atoms with Crippen LogP contribution in [0.5, 0.6) is 0 Å². The van der Waals surface area contributed by atoms with Gasteiger partial charge in [0.25, 0.3) is 0 Å². The van der Waals surface area contributed by atoms with E-state index in [4.69, 9.17) is 0 Å². The maximum atomic E-state index is 2.68. The average Bonchev–Trinajstić information content (AvgIpc) is 1.88. The fraction of sp³-hybridized carbons (Fsp3) is 0.750. The molecule has 0 aliphatic carbocycles. The first kappa shape index (κ1) is 9.17. The lowest BCUT2D eigenvalue weighted by molar-refractivity contribution is 0.806. The molecule has 0 aromatic rings. The van der Waals surface area contributed by atoms with Gasteiger partial charge in [-0.25, -0.2) is 0 Å². The van der Waals surface area contributed by atoms with Crippen molar-refractivity contribution < 1.29 is 0 Å². The van der Waals surface area contributed by atoms with Crippen LogP contribution in [0.3, 0.4) is 0 Å². The van der Waals surface area contributed by atoms with E-state index < -0.39 is 0 Å². The monoisotopic (exact) mass is 144 g/mol. The maximum Gasteiger partial charge on any atom is -0.0320 e. The quantitative estimate of drug-likeness (QED) is 0.531. The summed E-state index contributed by atoms with van der Waals surface area (Å²) in [6.45, 7) is 4.45. The van der Waals surface area contributed by atoms with Crippen molar-refractivity contribution >= 4 is 9.24 Å². The summed E-state index contributed by atoms with van der Waals surface area (Å²) >= 11 is 0. The molecule has 0 saturated heterocycles. The van der Waals surface area contributed by atoms with Gasteiger partial charge in [-0.2, -0.15) is 0 Å². The molecule has 54 valence electrons. The van der Waals surface area contributed by atoms with Gasteiger partial charge in [0.2, 0.25) is 0 Å². The van der Waals surface area contributed by atoms with Gasteiger partial charge in [-0.05, 0) is 12.8 Å². The first-order chi connectivity index (χ1) is 4.35. The summed E-state index contributed by atoms with van der Waals surface area (Å²) in [5, 5.41) is 0. The molecule has 0 spiro atoms. The SMILES string of the molecule is CCCC(=CP)CCC. The highest BCUT2D eigenvalue weighted by Gasteiger charge is 1.90. The van der Waals surface area contributed by atoms with Crippen LogP contribution in [0, 0.1) is 0 Å². The van der Waals surface area contributed by atoms with Crippen LogP contribution in [-0.4, -0.2) is 0 Å². The van der Waals surface area contributed by atoms with Gasteiger partial charge in [-0.3, -0.25) is 0 Å². The van der Waals surface area contributed by atoms with Gasteiger partial charge in [0.05, 0.1) is 0 Å². The predicted molar refractivity (Wildman–Crippen MR) is 47.6 cm³/mol. The van der Waals surface area contributed by atoms with E-state index >= 15 is 0 Å². The zero-order valence-corrected chi connectivity index (χ0v) is 7.64. The summed E-state index contributed by atoms with van der Waals surface area (Å²) in [6.07, 6.45) is 5.11. The topological polar surface area (TPSA) is 0 Å². The summed E-state index contributed by atoms with van der Waals surface area (Å²) in [7, 11) is 2.68. The second-order valence-electron chi connectivity index (χ2n) is 2.32. The molecule has 0 rings (SSSR count). The normalized spacial score (nSPS) is 9.22. The number of hydrogen-bond acceptors (Lipinski definition) is 0. The molecule has 9 heavy (non-hydrogen) atoms. The third-order valence-electron chi connectivity index (χ3n) is 1.38. The van der Waals surface area contributed by atoms with Gasteiger partial charge in [-0.1, -0.05) is 38.1 Å². The minimum atomic E-state index is 1.28. The van der Waals surface area contributed by atoms with Gasteiger partial charge in [0.15, 0.2) is 0 Å². The van der Waals surface area contributed by atoms with E-state index in [0.29, 0.717) is 0 Å². The van der Waals surface area contributed by atoms with Crippen LogP contribution in [0.1, 0.15) is 39.5 Å². The lowest BCUT2D eigenvalue weighted by Gasteiger charge is -2.00. The van der Waals surface area contributed by atoms with Crippen LogP contribution < -0.4 is 0 Å². The van der Waals surface area contributed by atoms with Crippen molar-refractivity contribution in [3.63, 3.8) is 0 Å². The smallest absolute Gasteiger partial charge is 0.0320 e. The molecule has 1 heteroatoms. The Bertz CT molecular complexity index is 76.6. The summed E-state index contributed by atoms with van der Waals surface area (Å²) in [6, 6.07) is 0. The van der Waals surface area contributed by atoms with Crippen molar-refractivity contribution in [1.29, 1.82) is 0 Å². The van der Waals surface area contributed by atoms with E-state index in [0.717, 1.165) is 0 Å². The molecule has 0 aromatic carbocycles. The number of rotatable bonds is 4. The molecule has 0 aliphatic rings. The first-order valence-corrected chi connectivity index (χ1v) is 4.41. The second kappa shape index (κ2) is 6.29. The van der Waals surface area contributed by atoms with Crippen molar-refractivity contribution in [2.24, 2.45) is 0 Å². The second-order valence-corrected chi connectivity index (χ2v) is 2.66. The van der Waals surface area contributed by atoms with Crippen molar-refractivity contribution in [2.45, 2.75) is 39.5 Å². The molecule has 0 aromatic heterocycles. The summed E-state index contributed by atoms with van der Waals surface area (Å²) in [4.78, 5) is 0. The van der Waals surface area contributed by atoms with Gasteiger partial charge in [0.1, 0.15) is 0 Å². The fourth-order valence-corrected chi connectivity index (χ4v) is 1.27. The van der Waals surface area contributed by atoms with Crippen molar-refractivity contribution in [3.05, 3.63) is 11.4 Å². The highest BCUT2D eigenvalue weighted by Crippen LogP contribution is 2.13. The zero-order valence-electron chi connectivity index (χ0n) is 6.48. The number of allylic oxidation sites excluding steroid dienone is 1. The standard InChI is InChI=1S/C8H17P/c1-3-5-8(7-9)6-4-2/h7H,3-6,9H2,1-2H3. The minimum Gasteiger partial charge on any atom is -0.114 e. The Morgan fingerprint density at radius 3 is 1.89 bits per heavy atom. The van der Waals surface area contributed by atoms with Crippen molar-refractivity contribution in [2.75, 3.05) is 0 Å². The van der Waals surface area contributed by atoms with Gasteiger partial charge in [0, 0.05) is 0 Å². The van der Waals surface area contributed by atoms with Crippen LogP contribution in [-0.2, 0) is 0 Å². The maximum absolute atomic E-state index is 2.68. The molecular formula is C8H17P. The molecule has 0 N–H and O–H groups in total. The molecule has 1 atom stereocenters. The van der Waals surface area contributed by atoms with Gasteiger partial charge >= 0.3 is 0 Å². The van der Waals surface area contributed by atoms with Gasteiger partial charge in [-0.15, -0.1) is 9.24 Å².